The molecule has 1 aromatic heterocycles. The van der Waals surface area contributed by atoms with E-state index in [1.807, 2.05) is 0 Å². The highest BCUT2D eigenvalue weighted by atomic mass is 16.5. The number of rotatable bonds is 6. The van der Waals surface area contributed by atoms with E-state index in [1.165, 1.54) is 52.2 Å². The number of anilines is 2. The first-order valence-electron chi connectivity index (χ1n) is 15.2. The van der Waals surface area contributed by atoms with Crippen molar-refractivity contribution in [3.05, 3.63) is 88.8 Å². The van der Waals surface area contributed by atoms with Crippen molar-refractivity contribution >= 4 is 17.3 Å². The Labute approximate surface area is 238 Å². The predicted molar refractivity (Wildman–Crippen MR) is 162 cm³/mol. The molecule has 40 heavy (non-hydrogen) atoms. The van der Waals surface area contributed by atoms with Crippen LogP contribution in [0.15, 0.2) is 66.4 Å². The molecule has 2 aliphatic carbocycles. The average molecular weight is 536 g/mol. The van der Waals surface area contributed by atoms with Crippen LogP contribution in [0.2, 0.25) is 0 Å². The summed E-state index contributed by atoms with van der Waals surface area (Å²) in [6.07, 6.45) is 7.76. The lowest BCUT2D eigenvalue weighted by Gasteiger charge is -2.37. The highest BCUT2D eigenvalue weighted by Crippen LogP contribution is 2.55. The molecule has 2 atom stereocenters. The van der Waals surface area contributed by atoms with E-state index in [1.54, 1.807) is 0 Å². The number of fused-ring (bicyclic) bond motifs is 4. The van der Waals surface area contributed by atoms with Crippen LogP contribution in [-0.2, 0) is 10.2 Å². The zero-order chi connectivity index (χ0) is 27.1. The molecule has 3 aromatic rings. The first-order chi connectivity index (χ1) is 19.6. The van der Waals surface area contributed by atoms with Gasteiger partial charge in [0.2, 0.25) is 5.95 Å². The Bertz CT molecular complexity index is 1390. The minimum Gasteiger partial charge on any atom is -0.378 e. The molecule has 0 radical (unpaired) electrons. The smallest absolute Gasteiger partial charge is 0.225 e. The van der Waals surface area contributed by atoms with Gasteiger partial charge in [0.05, 0.1) is 18.9 Å². The van der Waals surface area contributed by atoms with E-state index >= 15 is 0 Å². The Balaban J connectivity index is 1.24. The van der Waals surface area contributed by atoms with Gasteiger partial charge < -0.3 is 19.9 Å². The normalized spacial score (nSPS) is 23.8. The van der Waals surface area contributed by atoms with Crippen LogP contribution < -0.4 is 15.1 Å². The van der Waals surface area contributed by atoms with Crippen molar-refractivity contribution in [3.8, 4) is 0 Å². The predicted octanol–water partition coefficient (Wildman–Crippen LogP) is 6.10. The molecule has 2 aromatic carbocycles. The molecule has 6 nitrogen and oxygen atoms in total. The number of nitrogens with one attached hydrogen (secondary N) is 1. The van der Waals surface area contributed by atoms with Crippen LogP contribution in [0.1, 0.15) is 74.4 Å². The maximum Gasteiger partial charge on any atom is 0.225 e. The van der Waals surface area contributed by atoms with Crippen LogP contribution in [0.5, 0.6) is 0 Å². The molecular formula is C34H41N5O. The first kappa shape index (κ1) is 25.6. The van der Waals surface area contributed by atoms with Crippen molar-refractivity contribution in [3.63, 3.8) is 0 Å². The molecule has 2 aliphatic heterocycles. The Morgan fingerprint density at radius 2 is 1.77 bits per heavy atom. The first-order valence-corrected chi connectivity index (χ1v) is 15.2. The molecule has 3 heterocycles. The van der Waals surface area contributed by atoms with Gasteiger partial charge in [-0.1, -0.05) is 49.4 Å². The molecule has 7 rings (SSSR count). The summed E-state index contributed by atoms with van der Waals surface area (Å²) in [7, 11) is 0. The number of hydrogen-bond acceptors (Lipinski definition) is 6. The molecule has 6 heteroatoms. The van der Waals surface area contributed by atoms with Crippen LogP contribution >= 0.6 is 0 Å². The third-order valence-corrected chi connectivity index (χ3v) is 9.72. The van der Waals surface area contributed by atoms with E-state index < -0.39 is 0 Å². The second kappa shape index (κ2) is 10.5. The lowest BCUT2D eigenvalue weighted by molar-refractivity contribution is 0.122. The van der Waals surface area contributed by atoms with E-state index in [4.69, 9.17) is 14.7 Å². The summed E-state index contributed by atoms with van der Waals surface area (Å²) in [6, 6.07) is 20.3. The number of hydrogen-bond donors (Lipinski definition) is 1. The number of ether oxygens (including phenoxy) is 1. The highest BCUT2D eigenvalue weighted by molar-refractivity contribution is 5.76. The fraction of sp³-hybridized carbons (Fsp3) is 0.471. The molecule has 0 amide bonds. The van der Waals surface area contributed by atoms with E-state index in [9.17, 15) is 0 Å². The third-order valence-electron chi connectivity index (χ3n) is 9.72. The zero-order valence-electron chi connectivity index (χ0n) is 23.9. The van der Waals surface area contributed by atoms with Gasteiger partial charge in [-0.3, -0.25) is 0 Å². The largest absolute Gasteiger partial charge is 0.378 e. The van der Waals surface area contributed by atoms with E-state index in [-0.39, 0.29) is 11.5 Å². The fourth-order valence-corrected chi connectivity index (χ4v) is 7.22. The van der Waals surface area contributed by atoms with E-state index in [0.29, 0.717) is 0 Å². The minimum absolute atomic E-state index is 0.0721. The quantitative estimate of drug-likeness (QED) is 0.412. The summed E-state index contributed by atoms with van der Waals surface area (Å²) >= 11 is 0. The lowest BCUT2D eigenvalue weighted by atomic mass is 9.71. The SMILES string of the molecule is CC1CCN(c2ncc3c(n2)C2(c4ccccc4)CCC(=C3N[C@@H](C)c3cccc(N4CCOCC4)c3)C2)CC1. The van der Waals surface area contributed by atoms with Crippen molar-refractivity contribution in [2.75, 3.05) is 49.2 Å². The second-order valence-electron chi connectivity index (χ2n) is 12.3. The molecule has 4 aliphatic rings. The summed E-state index contributed by atoms with van der Waals surface area (Å²) in [5.41, 5.74) is 9.05. The van der Waals surface area contributed by atoms with E-state index in [0.717, 1.165) is 70.5 Å². The van der Waals surface area contributed by atoms with Crippen molar-refractivity contribution in [1.82, 2.24) is 15.3 Å². The second-order valence-corrected chi connectivity index (χ2v) is 12.3. The Morgan fingerprint density at radius 3 is 2.58 bits per heavy atom. The summed E-state index contributed by atoms with van der Waals surface area (Å²) in [4.78, 5) is 15.2. The maximum absolute atomic E-state index is 5.58. The molecule has 0 spiro atoms. The molecule has 3 fully saturated rings. The molecular weight excluding hydrogens is 494 g/mol. The van der Waals surface area contributed by atoms with Crippen molar-refractivity contribution in [1.29, 1.82) is 0 Å². The molecule has 1 saturated carbocycles. The van der Waals surface area contributed by atoms with Gasteiger partial charge in [-0.2, -0.15) is 0 Å². The van der Waals surface area contributed by atoms with Crippen LogP contribution in [0, 0.1) is 5.92 Å². The fourth-order valence-electron chi connectivity index (χ4n) is 7.22. The zero-order valence-corrected chi connectivity index (χ0v) is 23.9. The summed E-state index contributed by atoms with van der Waals surface area (Å²) < 4.78 is 5.58. The van der Waals surface area contributed by atoms with Gasteiger partial charge in [-0.25, -0.2) is 9.97 Å². The Morgan fingerprint density at radius 1 is 0.975 bits per heavy atom. The van der Waals surface area contributed by atoms with Gasteiger partial charge in [-0.05, 0) is 73.8 Å². The molecule has 1 N–H and O–H groups in total. The molecule has 208 valence electrons. The number of aromatic nitrogens is 2. The molecule has 2 bridgehead atoms. The van der Waals surface area contributed by atoms with Crippen LogP contribution in [0.25, 0.3) is 5.70 Å². The number of piperidine rings is 1. The van der Waals surface area contributed by atoms with E-state index in [2.05, 4.69) is 89.8 Å². The van der Waals surface area contributed by atoms with Crippen LogP contribution in [0.3, 0.4) is 0 Å². The van der Waals surface area contributed by atoms with Gasteiger partial charge in [-0.15, -0.1) is 0 Å². The summed E-state index contributed by atoms with van der Waals surface area (Å²) in [6.45, 7) is 10.2. The number of morpholine rings is 1. The standard InChI is InChI=1S/C34H41N5O/c1-24-12-15-39(16-13-24)33-35-23-30-31(27-11-14-34(22-27,32(30)37-33)28-8-4-3-5-9-28)36-25(2)26-7-6-10-29(21-26)38-17-19-40-20-18-38/h3-10,21,23-25,36H,11-20,22H2,1-2H3/t25-,34?/m0/s1. The summed E-state index contributed by atoms with van der Waals surface area (Å²) in [5, 5.41) is 3.97. The lowest BCUT2D eigenvalue weighted by Crippen LogP contribution is -2.37. The Kier molecular flexibility index (Phi) is 6.74. The average Bonchev–Trinajstić information content (AvgIpc) is 3.42. The van der Waals surface area contributed by atoms with Crippen LogP contribution in [-0.4, -0.2) is 49.4 Å². The van der Waals surface area contributed by atoms with Crippen molar-refractivity contribution in [2.24, 2.45) is 5.92 Å². The molecule has 1 unspecified atom stereocenters. The number of allylic oxidation sites excluding steroid dienone is 1. The van der Waals surface area contributed by atoms with Gasteiger partial charge in [0, 0.05) is 60.8 Å². The highest BCUT2D eigenvalue weighted by Gasteiger charge is 2.47. The molecule has 2 saturated heterocycles. The topological polar surface area (TPSA) is 53.5 Å². The van der Waals surface area contributed by atoms with Gasteiger partial charge >= 0.3 is 0 Å². The van der Waals surface area contributed by atoms with Gasteiger partial charge in [0.15, 0.2) is 0 Å². The maximum atomic E-state index is 5.58. The van der Waals surface area contributed by atoms with Gasteiger partial charge in [0.25, 0.3) is 0 Å². The van der Waals surface area contributed by atoms with Gasteiger partial charge in [0.1, 0.15) is 0 Å². The summed E-state index contributed by atoms with van der Waals surface area (Å²) in [5.74, 6) is 1.69. The Hall–Kier alpha value is -3.38. The monoisotopic (exact) mass is 535 g/mol. The van der Waals surface area contributed by atoms with Crippen molar-refractivity contribution in [2.45, 2.75) is 57.4 Å². The minimum atomic E-state index is -0.0721. The van der Waals surface area contributed by atoms with Crippen LogP contribution in [0.4, 0.5) is 11.6 Å². The number of nitrogens with zero attached hydrogens (tertiary/aromatic N) is 4. The van der Waals surface area contributed by atoms with Crippen molar-refractivity contribution < 1.29 is 4.74 Å². The number of benzene rings is 2. The third kappa shape index (κ3) is 4.56.